The van der Waals surface area contributed by atoms with E-state index in [1.54, 1.807) is 0 Å². The first-order valence-electron chi connectivity index (χ1n) is 19.8. The van der Waals surface area contributed by atoms with Crippen molar-refractivity contribution in [3.05, 3.63) is 24.3 Å². The lowest BCUT2D eigenvalue weighted by atomic mass is 10.0. The summed E-state index contributed by atoms with van der Waals surface area (Å²) < 4.78 is 32.7. The van der Waals surface area contributed by atoms with Crippen molar-refractivity contribution in [3.8, 4) is 0 Å². The number of ether oxygens (including phenoxy) is 2. The molecule has 10 heteroatoms. The number of phosphoric acid groups is 1. The average molecular weight is 716 g/mol. The van der Waals surface area contributed by atoms with Crippen LogP contribution < -0.4 is 5.73 Å². The minimum Gasteiger partial charge on any atom is -0.462 e. The number of hydrogen-bond donors (Lipinski definition) is 2. The molecule has 0 aromatic rings. The summed E-state index contributed by atoms with van der Waals surface area (Å²) in [6.45, 7) is 3.68. The van der Waals surface area contributed by atoms with E-state index in [-0.39, 0.29) is 32.6 Å². The largest absolute Gasteiger partial charge is 0.472 e. The molecule has 0 amide bonds. The minimum atomic E-state index is -4.37. The van der Waals surface area contributed by atoms with Crippen LogP contribution in [0.4, 0.5) is 0 Å². The van der Waals surface area contributed by atoms with E-state index in [0.29, 0.717) is 6.42 Å². The number of hydrogen-bond acceptors (Lipinski definition) is 8. The highest BCUT2D eigenvalue weighted by Crippen LogP contribution is 2.43. The maximum absolute atomic E-state index is 12.5. The van der Waals surface area contributed by atoms with E-state index in [2.05, 4.69) is 38.2 Å². The van der Waals surface area contributed by atoms with Gasteiger partial charge in [0.1, 0.15) is 6.61 Å². The number of unbranched alkanes of at least 4 members (excludes halogenated alkanes) is 20. The highest BCUT2D eigenvalue weighted by molar-refractivity contribution is 7.47. The van der Waals surface area contributed by atoms with Gasteiger partial charge in [0.05, 0.1) is 13.2 Å². The first kappa shape index (κ1) is 47.5. The number of allylic oxidation sites excluding steroid dienone is 4. The molecule has 3 N–H and O–H groups in total. The van der Waals surface area contributed by atoms with Gasteiger partial charge >= 0.3 is 19.8 Å². The molecule has 0 bridgehead atoms. The van der Waals surface area contributed by atoms with E-state index in [0.717, 1.165) is 64.2 Å². The normalized spacial score (nSPS) is 13.6. The van der Waals surface area contributed by atoms with Crippen LogP contribution in [0.2, 0.25) is 0 Å². The molecular weight excluding hydrogens is 641 g/mol. The Morgan fingerprint density at radius 2 is 1.08 bits per heavy atom. The van der Waals surface area contributed by atoms with Crippen LogP contribution in [0.3, 0.4) is 0 Å². The van der Waals surface area contributed by atoms with E-state index < -0.39 is 32.5 Å². The van der Waals surface area contributed by atoms with Gasteiger partial charge in [0.25, 0.3) is 0 Å². The lowest BCUT2D eigenvalue weighted by molar-refractivity contribution is -0.161. The molecule has 0 spiro atoms. The van der Waals surface area contributed by atoms with Crippen molar-refractivity contribution in [1.82, 2.24) is 0 Å². The molecule has 0 radical (unpaired) electrons. The molecule has 0 aromatic carbocycles. The third-order valence-electron chi connectivity index (χ3n) is 8.34. The summed E-state index contributed by atoms with van der Waals surface area (Å²) in [4.78, 5) is 34.7. The molecule has 0 aromatic heterocycles. The van der Waals surface area contributed by atoms with Crippen LogP contribution >= 0.6 is 7.82 Å². The Labute approximate surface area is 300 Å². The van der Waals surface area contributed by atoms with Gasteiger partial charge in [-0.15, -0.1) is 0 Å². The molecule has 1 unspecified atom stereocenters. The Kier molecular flexibility index (Phi) is 35.2. The number of carbonyl (C=O) groups is 2. The van der Waals surface area contributed by atoms with Crippen LogP contribution in [-0.2, 0) is 32.7 Å². The molecule has 288 valence electrons. The van der Waals surface area contributed by atoms with Crippen molar-refractivity contribution in [2.45, 2.75) is 187 Å². The summed E-state index contributed by atoms with van der Waals surface area (Å²) in [5.41, 5.74) is 5.33. The van der Waals surface area contributed by atoms with E-state index in [1.807, 2.05) is 0 Å². The molecule has 0 heterocycles. The Morgan fingerprint density at radius 1 is 0.612 bits per heavy atom. The highest BCUT2D eigenvalue weighted by Gasteiger charge is 2.25. The summed E-state index contributed by atoms with van der Waals surface area (Å²) in [5.74, 6) is -0.841. The Balaban J connectivity index is 4.21. The number of phosphoric ester groups is 1. The second kappa shape index (κ2) is 36.3. The van der Waals surface area contributed by atoms with Gasteiger partial charge in [-0.25, -0.2) is 4.57 Å². The van der Waals surface area contributed by atoms with Gasteiger partial charge < -0.3 is 20.1 Å². The smallest absolute Gasteiger partial charge is 0.462 e. The van der Waals surface area contributed by atoms with Gasteiger partial charge in [0.15, 0.2) is 6.10 Å². The van der Waals surface area contributed by atoms with E-state index in [9.17, 15) is 19.0 Å². The van der Waals surface area contributed by atoms with Crippen LogP contribution in [0, 0.1) is 0 Å². The maximum Gasteiger partial charge on any atom is 0.472 e. The fourth-order valence-electron chi connectivity index (χ4n) is 5.36. The molecule has 0 rings (SSSR count). The number of carbonyl (C=O) groups excluding carboxylic acids is 2. The van der Waals surface area contributed by atoms with E-state index in [4.69, 9.17) is 24.3 Å². The maximum atomic E-state index is 12.5. The first-order valence-corrected chi connectivity index (χ1v) is 21.3. The zero-order valence-corrected chi connectivity index (χ0v) is 32.3. The Morgan fingerprint density at radius 3 is 1.61 bits per heavy atom. The van der Waals surface area contributed by atoms with Crippen LogP contribution in [0.5, 0.6) is 0 Å². The highest BCUT2D eigenvalue weighted by atomic mass is 31.2. The predicted molar refractivity (Wildman–Crippen MR) is 201 cm³/mol. The summed E-state index contributed by atoms with van der Waals surface area (Å²) in [5, 5.41) is 0. The molecule has 49 heavy (non-hydrogen) atoms. The third-order valence-corrected chi connectivity index (χ3v) is 9.32. The fraction of sp³-hybridized carbons (Fsp3) is 0.846. The average Bonchev–Trinajstić information content (AvgIpc) is 3.08. The van der Waals surface area contributed by atoms with Crippen molar-refractivity contribution in [2.24, 2.45) is 5.73 Å². The summed E-state index contributed by atoms with van der Waals surface area (Å²) in [6.07, 6.45) is 36.3. The van der Waals surface area contributed by atoms with Gasteiger partial charge in [-0.05, 0) is 38.5 Å². The van der Waals surface area contributed by atoms with Gasteiger partial charge in [-0.2, -0.15) is 0 Å². The van der Waals surface area contributed by atoms with Crippen LogP contribution in [0.25, 0.3) is 0 Å². The van der Waals surface area contributed by atoms with Gasteiger partial charge in [-0.3, -0.25) is 18.6 Å². The molecule has 0 saturated heterocycles. The molecule has 0 aliphatic rings. The molecular formula is C39H74NO8P. The quantitative estimate of drug-likeness (QED) is 0.0279. The second-order valence-corrected chi connectivity index (χ2v) is 14.6. The molecule has 0 saturated carbocycles. The third kappa shape index (κ3) is 36.1. The topological polar surface area (TPSA) is 134 Å². The number of esters is 2. The number of nitrogens with two attached hydrogens (primary N) is 1. The van der Waals surface area contributed by atoms with Crippen molar-refractivity contribution in [1.29, 1.82) is 0 Å². The molecule has 0 aliphatic heterocycles. The first-order chi connectivity index (χ1) is 23.8. The molecule has 2 atom stereocenters. The van der Waals surface area contributed by atoms with Crippen molar-refractivity contribution < 1.29 is 37.6 Å². The zero-order valence-electron chi connectivity index (χ0n) is 31.4. The van der Waals surface area contributed by atoms with Crippen LogP contribution in [0.15, 0.2) is 24.3 Å². The molecule has 0 fully saturated rings. The lowest BCUT2D eigenvalue weighted by Gasteiger charge is -2.19. The monoisotopic (exact) mass is 716 g/mol. The molecule has 0 aliphatic carbocycles. The predicted octanol–water partition coefficient (Wildman–Crippen LogP) is 10.8. The van der Waals surface area contributed by atoms with Gasteiger partial charge in [0, 0.05) is 19.4 Å². The van der Waals surface area contributed by atoms with Crippen molar-refractivity contribution in [2.75, 3.05) is 26.4 Å². The van der Waals surface area contributed by atoms with Crippen molar-refractivity contribution in [3.63, 3.8) is 0 Å². The minimum absolute atomic E-state index is 0.0528. The SMILES string of the molecule is CCCC/C=C\C/C=C\CCCCCCCC(=O)OC[C@H](COP(=O)(O)OCCN)OC(=O)CCCCCCCCCCCCCCCC. The van der Waals surface area contributed by atoms with Crippen molar-refractivity contribution >= 4 is 19.8 Å². The van der Waals surface area contributed by atoms with Crippen LogP contribution in [0.1, 0.15) is 181 Å². The summed E-state index contributed by atoms with van der Waals surface area (Å²) >= 11 is 0. The standard InChI is InChI=1S/C39H74NO8P/c1-3-5-7-9-11-13-15-17-19-21-23-25-27-29-31-38(41)45-35-37(36-47-49(43,44)46-34-33-40)48-39(42)32-30-28-26-24-22-20-18-16-14-12-10-8-6-4-2/h9,11,15,17,37H,3-8,10,12-14,16,18-36,40H2,1-2H3,(H,43,44)/b11-9-,17-15-/t37-/m1/s1. The lowest BCUT2D eigenvalue weighted by Crippen LogP contribution is -2.29. The van der Waals surface area contributed by atoms with E-state index in [1.165, 1.54) is 83.5 Å². The van der Waals surface area contributed by atoms with Crippen LogP contribution in [-0.4, -0.2) is 49.3 Å². The molecule has 9 nitrogen and oxygen atoms in total. The van der Waals surface area contributed by atoms with E-state index >= 15 is 0 Å². The van der Waals surface area contributed by atoms with Gasteiger partial charge in [-0.1, -0.05) is 154 Å². The Bertz CT molecular complexity index is 866. The zero-order chi connectivity index (χ0) is 36.1. The Hall–Kier alpha value is -1.51. The van der Waals surface area contributed by atoms with Gasteiger partial charge in [0.2, 0.25) is 0 Å². The fourth-order valence-corrected chi connectivity index (χ4v) is 6.12. The summed E-state index contributed by atoms with van der Waals surface area (Å²) in [6, 6.07) is 0. The number of rotatable bonds is 37. The summed E-state index contributed by atoms with van der Waals surface area (Å²) in [7, 11) is -4.37. The second-order valence-electron chi connectivity index (χ2n) is 13.2.